The number of ether oxygens (including phenoxy) is 1. The molecule has 1 amide bonds. The molecule has 0 atom stereocenters. The predicted molar refractivity (Wildman–Crippen MR) is 96.9 cm³/mol. The molecule has 2 aromatic rings. The molecule has 122 valence electrons. The highest BCUT2D eigenvalue weighted by Crippen LogP contribution is 2.25. The zero-order chi connectivity index (χ0) is 16.6. The van der Waals surface area contributed by atoms with Crippen molar-refractivity contribution in [2.75, 3.05) is 18.4 Å². The average molecular weight is 377 g/mol. The van der Waals surface area contributed by atoms with E-state index >= 15 is 0 Å². The molecule has 0 bridgehead atoms. The third-order valence-electron chi connectivity index (χ3n) is 3.71. The van der Waals surface area contributed by atoms with Crippen LogP contribution in [0.2, 0.25) is 0 Å². The smallest absolute Gasteiger partial charge is 0.410 e. The van der Waals surface area contributed by atoms with E-state index in [1.165, 1.54) is 10.8 Å². The van der Waals surface area contributed by atoms with Crippen LogP contribution in [-0.2, 0) is 4.74 Å². The molecule has 1 aliphatic heterocycles. The van der Waals surface area contributed by atoms with Gasteiger partial charge in [0.1, 0.15) is 5.60 Å². The highest BCUT2D eigenvalue weighted by atomic mass is 79.9. The van der Waals surface area contributed by atoms with Crippen molar-refractivity contribution in [1.29, 1.82) is 0 Å². The van der Waals surface area contributed by atoms with Crippen molar-refractivity contribution in [1.82, 2.24) is 4.90 Å². The molecule has 1 saturated heterocycles. The summed E-state index contributed by atoms with van der Waals surface area (Å²) < 4.78 is 6.45. The number of halogens is 1. The Morgan fingerprint density at radius 3 is 2.52 bits per heavy atom. The molecule has 0 aliphatic carbocycles. The molecule has 1 fully saturated rings. The first kappa shape index (κ1) is 16.1. The van der Waals surface area contributed by atoms with E-state index < -0.39 is 5.60 Å². The first-order valence-electron chi connectivity index (χ1n) is 7.74. The third kappa shape index (κ3) is 3.96. The van der Waals surface area contributed by atoms with Crippen molar-refractivity contribution in [3.63, 3.8) is 0 Å². The monoisotopic (exact) mass is 376 g/mol. The fraction of sp³-hybridized carbons (Fsp3) is 0.389. The van der Waals surface area contributed by atoms with Gasteiger partial charge >= 0.3 is 6.09 Å². The molecule has 23 heavy (non-hydrogen) atoms. The molecule has 4 nitrogen and oxygen atoms in total. The maximum Gasteiger partial charge on any atom is 0.410 e. The van der Waals surface area contributed by atoms with Crippen LogP contribution in [0.25, 0.3) is 10.8 Å². The molecule has 0 radical (unpaired) electrons. The van der Waals surface area contributed by atoms with E-state index in [-0.39, 0.29) is 12.1 Å². The number of nitrogens with zero attached hydrogens (tertiary/aromatic N) is 1. The summed E-state index contributed by atoms with van der Waals surface area (Å²) in [5, 5.41) is 5.87. The van der Waals surface area contributed by atoms with Crippen molar-refractivity contribution in [2.24, 2.45) is 0 Å². The lowest BCUT2D eigenvalue weighted by atomic mass is 10.1. The van der Waals surface area contributed by atoms with Gasteiger partial charge < -0.3 is 15.0 Å². The van der Waals surface area contributed by atoms with E-state index in [1.807, 2.05) is 26.8 Å². The van der Waals surface area contributed by atoms with Gasteiger partial charge in [0.25, 0.3) is 0 Å². The fourth-order valence-corrected chi connectivity index (χ4v) is 2.97. The maximum atomic E-state index is 11.9. The molecule has 2 aromatic carbocycles. The molecular weight excluding hydrogens is 356 g/mol. The molecule has 0 unspecified atom stereocenters. The number of rotatable bonds is 2. The summed E-state index contributed by atoms with van der Waals surface area (Å²) in [5.74, 6) is 0. The number of nitrogens with one attached hydrogen (secondary N) is 1. The lowest BCUT2D eigenvalue weighted by Gasteiger charge is -2.40. The van der Waals surface area contributed by atoms with Crippen LogP contribution in [0.1, 0.15) is 20.8 Å². The SMILES string of the molecule is CC(C)(C)OC(=O)N1CC(Nc2ccc3cc(Br)ccc3c2)C1. The van der Waals surface area contributed by atoms with Gasteiger partial charge in [-0.1, -0.05) is 28.1 Å². The quantitative estimate of drug-likeness (QED) is 0.830. The summed E-state index contributed by atoms with van der Waals surface area (Å²) >= 11 is 3.49. The van der Waals surface area contributed by atoms with Crippen LogP contribution in [0.4, 0.5) is 10.5 Å². The van der Waals surface area contributed by atoms with Crippen LogP contribution in [0.3, 0.4) is 0 Å². The second kappa shape index (κ2) is 6.04. The van der Waals surface area contributed by atoms with Crippen LogP contribution in [0.15, 0.2) is 40.9 Å². The molecule has 5 heteroatoms. The normalized spacial score (nSPS) is 15.4. The van der Waals surface area contributed by atoms with Gasteiger partial charge in [0, 0.05) is 23.2 Å². The minimum absolute atomic E-state index is 0.237. The predicted octanol–water partition coefficient (Wildman–Crippen LogP) is 4.63. The van der Waals surface area contributed by atoms with Gasteiger partial charge in [0.2, 0.25) is 0 Å². The highest BCUT2D eigenvalue weighted by Gasteiger charge is 2.33. The van der Waals surface area contributed by atoms with E-state index in [0.29, 0.717) is 13.1 Å². The van der Waals surface area contributed by atoms with Crippen LogP contribution in [0, 0.1) is 0 Å². The van der Waals surface area contributed by atoms with Gasteiger partial charge in [0.15, 0.2) is 0 Å². The summed E-state index contributed by atoms with van der Waals surface area (Å²) in [6.45, 7) is 7.00. The minimum atomic E-state index is -0.442. The number of likely N-dealkylation sites (tertiary alicyclic amines) is 1. The van der Waals surface area contributed by atoms with Crippen LogP contribution in [-0.4, -0.2) is 35.7 Å². The Labute approximate surface area is 144 Å². The number of carbonyl (C=O) groups excluding carboxylic acids is 1. The summed E-state index contributed by atoms with van der Waals surface area (Å²) in [5.41, 5.74) is 0.635. The molecular formula is C18H21BrN2O2. The van der Waals surface area contributed by atoms with Crippen LogP contribution in [0.5, 0.6) is 0 Å². The van der Waals surface area contributed by atoms with E-state index in [0.717, 1.165) is 10.2 Å². The second-order valence-electron chi connectivity index (χ2n) is 6.93. The number of amides is 1. The highest BCUT2D eigenvalue weighted by molar-refractivity contribution is 9.10. The third-order valence-corrected chi connectivity index (χ3v) is 4.20. The number of hydrogen-bond acceptors (Lipinski definition) is 3. The molecule has 0 saturated carbocycles. The van der Waals surface area contributed by atoms with Crippen molar-refractivity contribution in [3.8, 4) is 0 Å². The Hall–Kier alpha value is -1.75. The second-order valence-corrected chi connectivity index (χ2v) is 7.85. The van der Waals surface area contributed by atoms with E-state index in [4.69, 9.17) is 4.74 Å². The number of benzene rings is 2. The average Bonchev–Trinajstić information content (AvgIpc) is 2.40. The standard InChI is InChI=1S/C18H21BrN2O2/c1-18(2,3)23-17(22)21-10-16(11-21)20-15-7-5-12-8-14(19)6-4-13(12)9-15/h4-9,16,20H,10-11H2,1-3H3. The molecule has 1 aliphatic rings. The number of carbonyl (C=O) groups is 1. The van der Waals surface area contributed by atoms with E-state index in [1.54, 1.807) is 4.90 Å². The van der Waals surface area contributed by atoms with E-state index in [9.17, 15) is 4.79 Å². The molecule has 1 N–H and O–H groups in total. The van der Waals surface area contributed by atoms with Crippen molar-refractivity contribution in [2.45, 2.75) is 32.4 Å². The van der Waals surface area contributed by atoms with Gasteiger partial charge in [-0.05, 0) is 55.8 Å². The first-order valence-corrected chi connectivity index (χ1v) is 8.53. The van der Waals surface area contributed by atoms with Crippen LogP contribution >= 0.6 is 15.9 Å². The summed E-state index contributed by atoms with van der Waals surface area (Å²) in [6.07, 6.45) is -0.237. The topological polar surface area (TPSA) is 41.6 Å². The zero-order valence-electron chi connectivity index (χ0n) is 13.6. The lowest BCUT2D eigenvalue weighted by molar-refractivity contribution is 0.0105. The van der Waals surface area contributed by atoms with Gasteiger partial charge in [-0.15, -0.1) is 0 Å². The zero-order valence-corrected chi connectivity index (χ0v) is 15.2. The Morgan fingerprint density at radius 1 is 1.17 bits per heavy atom. The number of hydrogen-bond donors (Lipinski definition) is 1. The van der Waals surface area contributed by atoms with Crippen molar-refractivity contribution in [3.05, 3.63) is 40.9 Å². The van der Waals surface area contributed by atoms with Gasteiger partial charge in [-0.2, -0.15) is 0 Å². The molecule has 0 aromatic heterocycles. The number of anilines is 1. The lowest BCUT2D eigenvalue weighted by Crippen LogP contribution is -2.57. The summed E-state index contributed by atoms with van der Waals surface area (Å²) in [6, 6.07) is 12.8. The molecule has 3 rings (SSSR count). The largest absolute Gasteiger partial charge is 0.444 e. The summed E-state index contributed by atoms with van der Waals surface area (Å²) in [7, 11) is 0. The molecule has 1 heterocycles. The van der Waals surface area contributed by atoms with Crippen molar-refractivity contribution >= 4 is 38.5 Å². The minimum Gasteiger partial charge on any atom is -0.444 e. The number of fused-ring (bicyclic) bond motifs is 1. The summed E-state index contributed by atoms with van der Waals surface area (Å²) in [4.78, 5) is 13.6. The fourth-order valence-electron chi connectivity index (χ4n) is 2.59. The van der Waals surface area contributed by atoms with Crippen molar-refractivity contribution < 1.29 is 9.53 Å². The Kier molecular flexibility index (Phi) is 4.23. The van der Waals surface area contributed by atoms with Gasteiger partial charge in [-0.25, -0.2) is 4.79 Å². The Balaban J connectivity index is 1.58. The maximum absolute atomic E-state index is 11.9. The molecule has 0 spiro atoms. The Bertz CT molecular complexity index is 733. The first-order chi connectivity index (χ1) is 10.8. The van der Waals surface area contributed by atoms with Gasteiger partial charge in [0.05, 0.1) is 6.04 Å². The Morgan fingerprint density at radius 2 is 1.83 bits per heavy atom. The van der Waals surface area contributed by atoms with Crippen LogP contribution < -0.4 is 5.32 Å². The van der Waals surface area contributed by atoms with E-state index in [2.05, 4.69) is 51.6 Å². The van der Waals surface area contributed by atoms with Gasteiger partial charge in [-0.3, -0.25) is 0 Å².